The molecule has 2 fully saturated rings. The van der Waals surface area contributed by atoms with Crippen molar-refractivity contribution in [1.82, 2.24) is 5.32 Å². The second-order valence-corrected chi connectivity index (χ2v) is 6.55. The average Bonchev–Trinajstić information content (AvgIpc) is 3.21. The van der Waals surface area contributed by atoms with Gasteiger partial charge in [-0.3, -0.25) is 0 Å². The number of hydrogen-bond donors (Lipinski definition) is 1. The molecular weight excluding hydrogens is 242 g/mol. The van der Waals surface area contributed by atoms with Crippen molar-refractivity contribution < 1.29 is 0 Å². The van der Waals surface area contributed by atoms with Gasteiger partial charge in [-0.15, -0.1) is 0 Å². The van der Waals surface area contributed by atoms with Gasteiger partial charge in [0.15, 0.2) is 0 Å². The van der Waals surface area contributed by atoms with Crippen LogP contribution in [0.4, 0.5) is 0 Å². The normalized spacial score (nSPS) is 26.2. The molecule has 0 aliphatic heterocycles. The Bertz CT molecular complexity index is 594. The molecule has 0 amide bonds. The lowest BCUT2D eigenvalue weighted by atomic mass is 9.86. The molecule has 0 radical (unpaired) electrons. The molecule has 0 bridgehead atoms. The summed E-state index contributed by atoms with van der Waals surface area (Å²) in [6.07, 6.45) is 6.95. The highest BCUT2D eigenvalue weighted by atomic mass is 14.9. The van der Waals surface area contributed by atoms with E-state index in [9.17, 15) is 0 Å². The first-order chi connectivity index (χ1) is 9.92. The van der Waals surface area contributed by atoms with E-state index in [4.69, 9.17) is 0 Å². The van der Waals surface area contributed by atoms with Crippen LogP contribution in [0.5, 0.6) is 0 Å². The van der Waals surface area contributed by atoms with Crippen LogP contribution in [0.1, 0.15) is 43.6 Å². The monoisotopic (exact) mass is 265 g/mol. The van der Waals surface area contributed by atoms with Gasteiger partial charge in [0.2, 0.25) is 0 Å². The molecule has 2 aliphatic rings. The third-order valence-corrected chi connectivity index (χ3v) is 5.13. The topological polar surface area (TPSA) is 12.0 Å². The van der Waals surface area contributed by atoms with Crippen LogP contribution < -0.4 is 5.32 Å². The van der Waals surface area contributed by atoms with Crippen molar-refractivity contribution in [2.75, 3.05) is 6.54 Å². The first-order valence-electron chi connectivity index (χ1n) is 8.13. The number of hydrogen-bond acceptors (Lipinski definition) is 1. The predicted molar refractivity (Wildman–Crippen MR) is 85.1 cm³/mol. The van der Waals surface area contributed by atoms with Crippen LogP contribution in [-0.4, -0.2) is 12.6 Å². The summed E-state index contributed by atoms with van der Waals surface area (Å²) in [7, 11) is 0. The molecule has 1 heteroatoms. The SMILES string of the molecule is c1ccc2c(C3CCCC3CNC3CC3)cccc2c1. The zero-order valence-corrected chi connectivity index (χ0v) is 12.0. The highest BCUT2D eigenvalue weighted by Crippen LogP contribution is 2.42. The molecule has 2 aromatic carbocycles. The molecule has 0 heterocycles. The maximum Gasteiger partial charge on any atom is 0.00683 e. The Morgan fingerprint density at radius 1 is 0.900 bits per heavy atom. The van der Waals surface area contributed by atoms with Crippen molar-refractivity contribution in [3.63, 3.8) is 0 Å². The number of fused-ring (bicyclic) bond motifs is 1. The van der Waals surface area contributed by atoms with E-state index in [2.05, 4.69) is 47.8 Å². The van der Waals surface area contributed by atoms with Crippen molar-refractivity contribution >= 4 is 10.8 Å². The Morgan fingerprint density at radius 3 is 2.65 bits per heavy atom. The number of benzene rings is 2. The Kier molecular flexibility index (Phi) is 3.23. The average molecular weight is 265 g/mol. The highest BCUT2D eigenvalue weighted by molar-refractivity contribution is 5.86. The first-order valence-corrected chi connectivity index (χ1v) is 8.13. The van der Waals surface area contributed by atoms with Crippen LogP contribution in [0.3, 0.4) is 0 Å². The summed E-state index contributed by atoms with van der Waals surface area (Å²) < 4.78 is 0. The van der Waals surface area contributed by atoms with E-state index in [1.54, 1.807) is 5.56 Å². The van der Waals surface area contributed by atoms with Gasteiger partial charge in [0.1, 0.15) is 0 Å². The summed E-state index contributed by atoms with van der Waals surface area (Å²) >= 11 is 0. The van der Waals surface area contributed by atoms with Crippen molar-refractivity contribution in [1.29, 1.82) is 0 Å². The second-order valence-electron chi connectivity index (χ2n) is 6.55. The van der Waals surface area contributed by atoms with Gasteiger partial charge >= 0.3 is 0 Å². The third kappa shape index (κ3) is 2.35. The smallest absolute Gasteiger partial charge is 0.00683 e. The van der Waals surface area contributed by atoms with E-state index >= 15 is 0 Å². The minimum Gasteiger partial charge on any atom is -0.314 e. The summed E-state index contributed by atoms with van der Waals surface area (Å²) in [5, 5.41) is 6.61. The third-order valence-electron chi connectivity index (χ3n) is 5.13. The van der Waals surface area contributed by atoms with Crippen LogP contribution >= 0.6 is 0 Å². The van der Waals surface area contributed by atoms with E-state index in [1.807, 2.05) is 0 Å². The molecule has 20 heavy (non-hydrogen) atoms. The van der Waals surface area contributed by atoms with Crippen LogP contribution in [0.2, 0.25) is 0 Å². The first kappa shape index (κ1) is 12.4. The van der Waals surface area contributed by atoms with Crippen molar-refractivity contribution in [3.8, 4) is 0 Å². The van der Waals surface area contributed by atoms with Gasteiger partial charge in [-0.05, 0) is 60.4 Å². The minimum absolute atomic E-state index is 0.757. The summed E-state index contributed by atoms with van der Waals surface area (Å²) in [6, 6.07) is 16.5. The van der Waals surface area contributed by atoms with E-state index in [0.29, 0.717) is 0 Å². The largest absolute Gasteiger partial charge is 0.314 e. The molecule has 0 aromatic heterocycles. The van der Waals surface area contributed by atoms with Gasteiger partial charge in [0, 0.05) is 6.04 Å². The van der Waals surface area contributed by atoms with Crippen LogP contribution in [0.15, 0.2) is 42.5 Å². The summed E-state index contributed by atoms with van der Waals surface area (Å²) in [6.45, 7) is 1.22. The second kappa shape index (κ2) is 5.21. The van der Waals surface area contributed by atoms with Gasteiger partial charge in [0.05, 0.1) is 0 Å². The summed E-state index contributed by atoms with van der Waals surface area (Å²) in [4.78, 5) is 0. The molecule has 2 aliphatic carbocycles. The van der Waals surface area contributed by atoms with E-state index in [0.717, 1.165) is 17.9 Å². The molecule has 2 saturated carbocycles. The summed E-state index contributed by atoms with van der Waals surface area (Å²) in [5.41, 5.74) is 1.59. The molecule has 1 nitrogen and oxygen atoms in total. The fourth-order valence-corrected chi connectivity index (χ4v) is 3.87. The molecule has 2 aromatic rings. The molecule has 0 spiro atoms. The van der Waals surface area contributed by atoms with Gasteiger partial charge in [-0.25, -0.2) is 0 Å². The number of nitrogens with one attached hydrogen (secondary N) is 1. The zero-order chi connectivity index (χ0) is 13.4. The molecular formula is C19H23N. The lowest BCUT2D eigenvalue weighted by Crippen LogP contribution is -2.26. The van der Waals surface area contributed by atoms with Crippen molar-refractivity contribution in [2.45, 2.75) is 44.1 Å². The lowest BCUT2D eigenvalue weighted by molar-refractivity contribution is 0.444. The lowest BCUT2D eigenvalue weighted by Gasteiger charge is -2.22. The van der Waals surface area contributed by atoms with Crippen LogP contribution in [0, 0.1) is 5.92 Å². The molecule has 2 unspecified atom stereocenters. The standard InChI is InChI=1S/C19H23N/c1-2-8-17-14(5-1)6-3-10-19(17)18-9-4-7-15(18)13-20-16-11-12-16/h1-3,5-6,8,10,15-16,18,20H,4,7,9,11-13H2. The minimum atomic E-state index is 0.757. The van der Waals surface area contributed by atoms with Gasteiger partial charge in [0.25, 0.3) is 0 Å². The molecule has 1 N–H and O–H groups in total. The number of rotatable bonds is 4. The Morgan fingerprint density at radius 2 is 1.75 bits per heavy atom. The van der Waals surface area contributed by atoms with Gasteiger partial charge < -0.3 is 5.32 Å². The zero-order valence-electron chi connectivity index (χ0n) is 12.0. The molecule has 2 atom stereocenters. The highest BCUT2D eigenvalue weighted by Gasteiger charge is 2.31. The van der Waals surface area contributed by atoms with E-state index in [-0.39, 0.29) is 0 Å². The molecule has 0 saturated heterocycles. The van der Waals surface area contributed by atoms with Crippen molar-refractivity contribution in [3.05, 3.63) is 48.0 Å². The predicted octanol–water partition coefficient (Wildman–Crippen LogP) is 4.48. The Labute approximate surface area is 121 Å². The fraction of sp³-hybridized carbons (Fsp3) is 0.474. The maximum absolute atomic E-state index is 3.75. The van der Waals surface area contributed by atoms with Crippen LogP contribution in [0.25, 0.3) is 10.8 Å². The fourth-order valence-electron chi connectivity index (χ4n) is 3.87. The van der Waals surface area contributed by atoms with Gasteiger partial charge in [-0.2, -0.15) is 0 Å². The molecule has 104 valence electrons. The maximum atomic E-state index is 3.75. The van der Waals surface area contributed by atoms with E-state index < -0.39 is 0 Å². The summed E-state index contributed by atoms with van der Waals surface area (Å²) in [5.74, 6) is 1.59. The van der Waals surface area contributed by atoms with Crippen molar-refractivity contribution in [2.24, 2.45) is 5.92 Å². The quantitative estimate of drug-likeness (QED) is 0.859. The van der Waals surface area contributed by atoms with E-state index in [1.165, 1.54) is 49.4 Å². The molecule has 4 rings (SSSR count). The van der Waals surface area contributed by atoms with Gasteiger partial charge in [-0.1, -0.05) is 48.9 Å². The van der Waals surface area contributed by atoms with Crippen LogP contribution in [-0.2, 0) is 0 Å². The Hall–Kier alpha value is -1.34. The Balaban J connectivity index is 1.63.